The van der Waals surface area contributed by atoms with Crippen molar-refractivity contribution in [3.8, 4) is 28.0 Å². The lowest BCUT2D eigenvalue weighted by Gasteiger charge is -2.29. The highest BCUT2D eigenvalue weighted by molar-refractivity contribution is 5.66. The average Bonchev–Trinajstić information content (AvgIpc) is 3.00. The fourth-order valence-electron chi connectivity index (χ4n) is 4.91. The Morgan fingerprint density at radius 1 is 0.696 bits per heavy atom. The Hall–Kier alpha value is -4.00. The van der Waals surface area contributed by atoms with Gasteiger partial charge in [-0.05, 0) is 47.4 Å². The van der Waals surface area contributed by atoms with E-state index in [4.69, 9.17) is 14.2 Å². The van der Waals surface area contributed by atoms with E-state index < -0.39 is 69.7 Å². The number of hydrogen-bond acceptors (Lipinski definition) is 4. The number of benzene rings is 4. The molecule has 0 aliphatic carbocycles. The lowest BCUT2D eigenvalue weighted by molar-refractivity contribution is -0.212. The normalized spacial score (nSPS) is 16.9. The third-order valence-corrected chi connectivity index (χ3v) is 7.28. The first-order chi connectivity index (χ1) is 22.0. The monoisotopic (exact) mass is 652 g/mol. The fourth-order valence-corrected chi connectivity index (χ4v) is 4.91. The van der Waals surface area contributed by atoms with Gasteiger partial charge in [0.25, 0.3) is 0 Å². The minimum Gasteiger partial charge on any atom is -0.429 e. The van der Waals surface area contributed by atoms with Crippen molar-refractivity contribution in [1.29, 1.82) is 0 Å². The molecule has 1 aliphatic heterocycles. The van der Waals surface area contributed by atoms with E-state index in [-0.39, 0.29) is 11.5 Å². The number of hydrogen-bond donors (Lipinski definition) is 0. The molecule has 4 nitrogen and oxygen atoms in total. The molecule has 0 unspecified atom stereocenters. The zero-order valence-electron chi connectivity index (χ0n) is 24.4. The SMILES string of the molecule is CCCCOCC1COC(c2ccc(-c3cc(F)c(C(F)(F)Oc4cc(F)c(-c5ccc(F)c(F)c5)c(F)c4)c(F)c3)cc2)OC1. The molecule has 0 bridgehead atoms. The van der Waals surface area contributed by atoms with Crippen LogP contribution in [0.1, 0.15) is 37.2 Å². The van der Waals surface area contributed by atoms with Crippen molar-refractivity contribution in [3.05, 3.63) is 113 Å². The van der Waals surface area contributed by atoms with Gasteiger partial charge < -0.3 is 18.9 Å². The first kappa shape index (κ1) is 33.4. The van der Waals surface area contributed by atoms with Crippen molar-refractivity contribution in [2.75, 3.05) is 26.4 Å². The van der Waals surface area contributed by atoms with Gasteiger partial charge in [0, 0.05) is 30.2 Å². The zero-order chi connectivity index (χ0) is 33.0. The van der Waals surface area contributed by atoms with E-state index in [1.807, 2.05) is 0 Å². The van der Waals surface area contributed by atoms with Crippen molar-refractivity contribution < 1.29 is 54.1 Å². The van der Waals surface area contributed by atoms with Gasteiger partial charge in [-0.1, -0.05) is 43.7 Å². The first-order valence-electron chi connectivity index (χ1n) is 14.4. The molecule has 1 saturated heterocycles. The van der Waals surface area contributed by atoms with E-state index in [0.29, 0.717) is 74.0 Å². The summed E-state index contributed by atoms with van der Waals surface area (Å²) >= 11 is 0. The van der Waals surface area contributed by atoms with E-state index in [0.717, 1.165) is 18.9 Å². The molecule has 12 heteroatoms. The summed E-state index contributed by atoms with van der Waals surface area (Å²) in [6, 6.07) is 10.3. The molecule has 0 atom stereocenters. The third-order valence-electron chi connectivity index (χ3n) is 7.28. The van der Waals surface area contributed by atoms with Crippen molar-refractivity contribution in [3.63, 3.8) is 0 Å². The van der Waals surface area contributed by atoms with E-state index in [1.165, 1.54) is 12.1 Å². The van der Waals surface area contributed by atoms with Crippen LogP contribution in [0.15, 0.2) is 66.7 Å². The van der Waals surface area contributed by atoms with Gasteiger partial charge in [-0.25, -0.2) is 26.3 Å². The average molecular weight is 653 g/mol. The smallest absolute Gasteiger partial charge is 0.429 e. The Morgan fingerprint density at radius 3 is 1.87 bits per heavy atom. The largest absolute Gasteiger partial charge is 0.432 e. The van der Waals surface area contributed by atoms with Crippen LogP contribution in [-0.4, -0.2) is 26.4 Å². The highest BCUT2D eigenvalue weighted by atomic mass is 19.3. The molecule has 0 radical (unpaired) electrons. The summed E-state index contributed by atoms with van der Waals surface area (Å²) in [5, 5.41) is 0. The summed E-state index contributed by atoms with van der Waals surface area (Å²) in [5.41, 5.74) is -2.17. The van der Waals surface area contributed by atoms with Gasteiger partial charge in [-0.3, -0.25) is 0 Å². The van der Waals surface area contributed by atoms with Crippen LogP contribution >= 0.6 is 0 Å². The van der Waals surface area contributed by atoms with Gasteiger partial charge in [0.05, 0.1) is 25.4 Å². The third kappa shape index (κ3) is 7.51. The Kier molecular flexibility index (Phi) is 10.3. The van der Waals surface area contributed by atoms with Crippen LogP contribution in [0, 0.1) is 40.8 Å². The minimum absolute atomic E-state index is 0.0659. The Morgan fingerprint density at radius 2 is 1.28 bits per heavy atom. The summed E-state index contributed by atoms with van der Waals surface area (Å²) in [6.45, 7) is 4.10. The molecular formula is C34H28F8O4. The molecule has 1 fully saturated rings. The molecule has 4 aromatic rings. The van der Waals surface area contributed by atoms with Crippen LogP contribution < -0.4 is 4.74 Å². The van der Waals surface area contributed by atoms with Gasteiger partial charge in [0.15, 0.2) is 17.9 Å². The van der Waals surface area contributed by atoms with E-state index in [9.17, 15) is 35.1 Å². The number of unbranched alkanes of at least 4 members (excludes halogenated alkanes) is 1. The highest BCUT2D eigenvalue weighted by Crippen LogP contribution is 2.39. The maximum atomic E-state index is 15.0. The van der Waals surface area contributed by atoms with Gasteiger partial charge in [-0.2, -0.15) is 8.78 Å². The predicted molar refractivity (Wildman–Crippen MR) is 152 cm³/mol. The molecule has 244 valence electrons. The first-order valence-corrected chi connectivity index (χ1v) is 14.4. The van der Waals surface area contributed by atoms with Gasteiger partial charge in [0.2, 0.25) is 0 Å². The van der Waals surface area contributed by atoms with Crippen molar-refractivity contribution >= 4 is 0 Å². The second-order valence-corrected chi connectivity index (χ2v) is 10.7. The summed E-state index contributed by atoms with van der Waals surface area (Å²) in [4.78, 5) is 0. The molecular weight excluding hydrogens is 624 g/mol. The number of alkyl halides is 2. The van der Waals surface area contributed by atoms with Crippen molar-refractivity contribution in [2.24, 2.45) is 5.92 Å². The van der Waals surface area contributed by atoms with Crippen LogP contribution in [0.2, 0.25) is 0 Å². The lowest BCUT2D eigenvalue weighted by atomic mass is 10.0. The van der Waals surface area contributed by atoms with Gasteiger partial charge in [0.1, 0.15) is 34.6 Å². The summed E-state index contributed by atoms with van der Waals surface area (Å²) in [5.74, 6) is -9.94. The Balaban J connectivity index is 1.28. The zero-order valence-corrected chi connectivity index (χ0v) is 24.4. The maximum Gasteiger partial charge on any atom is 0.432 e. The van der Waals surface area contributed by atoms with Gasteiger partial charge >= 0.3 is 6.11 Å². The van der Waals surface area contributed by atoms with E-state index in [1.54, 1.807) is 12.1 Å². The Labute approximate surface area is 259 Å². The molecule has 0 aromatic heterocycles. The number of ether oxygens (including phenoxy) is 4. The van der Waals surface area contributed by atoms with Crippen LogP contribution in [-0.2, 0) is 20.3 Å². The number of rotatable bonds is 11. The van der Waals surface area contributed by atoms with Gasteiger partial charge in [-0.15, -0.1) is 0 Å². The van der Waals surface area contributed by atoms with Crippen molar-refractivity contribution in [1.82, 2.24) is 0 Å². The van der Waals surface area contributed by atoms with E-state index in [2.05, 4.69) is 11.7 Å². The molecule has 0 amide bonds. The van der Waals surface area contributed by atoms with E-state index >= 15 is 0 Å². The summed E-state index contributed by atoms with van der Waals surface area (Å²) < 4.78 is 138. The maximum absolute atomic E-state index is 15.0. The molecule has 0 spiro atoms. The molecule has 0 N–H and O–H groups in total. The molecule has 46 heavy (non-hydrogen) atoms. The quantitative estimate of drug-likeness (QED) is 0.120. The second-order valence-electron chi connectivity index (χ2n) is 10.7. The Bertz CT molecular complexity index is 1620. The lowest BCUT2D eigenvalue weighted by Crippen LogP contribution is -2.30. The topological polar surface area (TPSA) is 36.9 Å². The number of halogens is 8. The molecule has 5 rings (SSSR count). The predicted octanol–water partition coefficient (Wildman–Crippen LogP) is 9.46. The van der Waals surface area contributed by atoms with Crippen LogP contribution in [0.25, 0.3) is 22.3 Å². The van der Waals surface area contributed by atoms with Crippen LogP contribution in [0.4, 0.5) is 35.1 Å². The second kappa shape index (κ2) is 14.2. The molecule has 1 aliphatic rings. The van der Waals surface area contributed by atoms with Crippen LogP contribution in [0.3, 0.4) is 0 Å². The molecule has 4 aromatic carbocycles. The fraction of sp³-hybridized carbons (Fsp3) is 0.294. The van der Waals surface area contributed by atoms with Crippen molar-refractivity contribution in [2.45, 2.75) is 32.2 Å². The minimum atomic E-state index is -4.70. The molecule has 0 saturated carbocycles. The molecule has 1 heterocycles. The van der Waals surface area contributed by atoms with Crippen LogP contribution in [0.5, 0.6) is 5.75 Å². The standard InChI is InChI=1S/C34H28F8O4/c1-2-3-10-43-16-19-17-44-33(45-18-19)21-6-4-20(5-7-21)23-12-29(39)32(30(40)13-23)34(41,42)46-24-14-27(37)31(28(38)15-24)22-8-9-25(35)26(36)11-22/h4-9,11-15,19,33H,2-3,10,16-18H2,1H3. The highest BCUT2D eigenvalue weighted by Gasteiger charge is 2.41. The summed E-state index contributed by atoms with van der Waals surface area (Å²) in [6.07, 6.45) is -3.35. The summed E-state index contributed by atoms with van der Waals surface area (Å²) in [7, 11) is 0.